The Labute approximate surface area is 223 Å². The number of methoxy groups -OCH3 is 1. The predicted octanol–water partition coefficient (Wildman–Crippen LogP) is 5.58. The first kappa shape index (κ1) is 26.8. The summed E-state index contributed by atoms with van der Waals surface area (Å²) in [6, 6.07) is 16.6. The van der Waals surface area contributed by atoms with Crippen molar-refractivity contribution in [3.8, 4) is 11.5 Å². The average Bonchev–Trinajstić information content (AvgIpc) is 2.81. The summed E-state index contributed by atoms with van der Waals surface area (Å²) in [5.41, 5.74) is 2.48. The second-order valence-corrected chi connectivity index (χ2v) is 12.2. The third-order valence-electron chi connectivity index (χ3n) is 6.27. The molecule has 7 nitrogen and oxygen atoms in total. The maximum Gasteiger partial charge on any atom is 0.264 e. The Hall–Kier alpha value is -3.23. The van der Waals surface area contributed by atoms with Crippen molar-refractivity contribution in [2.45, 2.75) is 50.7 Å². The van der Waals surface area contributed by atoms with Crippen molar-refractivity contribution in [3.63, 3.8) is 0 Å². The number of amides is 1. The second kappa shape index (κ2) is 10.3. The molecule has 0 saturated carbocycles. The zero-order valence-corrected chi connectivity index (χ0v) is 23.1. The molecule has 1 amide bonds. The molecule has 0 bridgehead atoms. The van der Waals surface area contributed by atoms with Crippen LogP contribution in [0.4, 0.5) is 5.69 Å². The number of carbonyl (C=O) groups is 1. The lowest BCUT2D eigenvalue weighted by Crippen LogP contribution is -2.45. The lowest BCUT2D eigenvalue weighted by atomic mass is 9.89. The number of carbonyl (C=O) groups excluding carboxylic acids is 1. The number of anilines is 1. The van der Waals surface area contributed by atoms with Gasteiger partial charge in [0.25, 0.3) is 10.0 Å². The number of hydrogen-bond donors (Lipinski definition) is 1. The number of nitrogens with one attached hydrogen (secondary N) is 1. The molecule has 1 aliphatic heterocycles. The fraction of sp³-hybridized carbons (Fsp3) is 0.321. The van der Waals surface area contributed by atoms with E-state index in [0.717, 1.165) is 21.0 Å². The van der Waals surface area contributed by atoms with E-state index in [-0.39, 0.29) is 22.4 Å². The Bertz CT molecular complexity index is 1420. The number of nitrogens with zero attached hydrogens (tertiary/aromatic N) is 1. The van der Waals surface area contributed by atoms with Gasteiger partial charge >= 0.3 is 0 Å². The highest BCUT2D eigenvalue weighted by molar-refractivity contribution is 7.92. The molecule has 1 heterocycles. The summed E-state index contributed by atoms with van der Waals surface area (Å²) in [4.78, 5) is 13.5. The molecule has 0 aliphatic carbocycles. The second-order valence-electron chi connectivity index (χ2n) is 9.87. The van der Waals surface area contributed by atoms with Gasteiger partial charge in [-0.25, -0.2) is 8.42 Å². The first-order valence-corrected chi connectivity index (χ1v) is 13.7. The number of ether oxygens (including phenoxy) is 2. The van der Waals surface area contributed by atoms with Crippen molar-refractivity contribution in [3.05, 3.63) is 82.4 Å². The first-order chi connectivity index (χ1) is 17.4. The molecule has 3 aromatic rings. The summed E-state index contributed by atoms with van der Waals surface area (Å²) in [5, 5.41) is 3.35. The third-order valence-corrected chi connectivity index (χ3v) is 8.28. The first-order valence-electron chi connectivity index (χ1n) is 11.9. The van der Waals surface area contributed by atoms with Gasteiger partial charge in [-0.05, 0) is 69.7 Å². The smallest absolute Gasteiger partial charge is 0.264 e. The molecule has 4 rings (SSSR count). The predicted molar refractivity (Wildman–Crippen MR) is 145 cm³/mol. The zero-order valence-electron chi connectivity index (χ0n) is 21.5. The number of sulfonamides is 1. The van der Waals surface area contributed by atoms with Crippen LogP contribution in [0.5, 0.6) is 11.5 Å². The van der Waals surface area contributed by atoms with Crippen LogP contribution in [0.15, 0.2) is 65.6 Å². The number of benzene rings is 3. The van der Waals surface area contributed by atoms with Crippen molar-refractivity contribution in [2.75, 3.05) is 18.0 Å². The van der Waals surface area contributed by atoms with Crippen LogP contribution < -0.4 is 19.1 Å². The Morgan fingerprint density at radius 3 is 2.43 bits per heavy atom. The van der Waals surface area contributed by atoms with Crippen LogP contribution in [-0.4, -0.2) is 33.6 Å². The minimum Gasteiger partial charge on any atom is -0.495 e. The van der Waals surface area contributed by atoms with E-state index in [2.05, 4.69) is 5.32 Å². The fourth-order valence-electron chi connectivity index (χ4n) is 4.45. The highest BCUT2D eigenvalue weighted by Gasteiger charge is 2.36. The van der Waals surface area contributed by atoms with Gasteiger partial charge in [0.2, 0.25) is 5.91 Å². The van der Waals surface area contributed by atoms with E-state index in [1.165, 1.54) is 25.3 Å². The van der Waals surface area contributed by atoms with Crippen molar-refractivity contribution in [1.29, 1.82) is 0 Å². The molecule has 0 fully saturated rings. The van der Waals surface area contributed by atoms with Gasteiger partial charge in [0.15, 0.2) is 0 Å². The molecule has 0 spiro atoms. The SMILES string of the molecule is COc1ccc(Cl)cc1N(CC(=O)NC1CC(C)(C)Oc2cc(C)ccc21)S(=O)(=O)c1ccc(C)cc1. The minimum absolute atomic E-state index is 0.0564. The van der Waals surface area contributed by atoms with E-state index < -0.39 is 28.1 Å². The molecule has 0 aromatic heterocycles. The van der Waals surface area contributed by atoms with Crippen LogP contribution >= 0.6 is 11.6 Å². The third kappa shape index (κ3) is 5.86. The molecule has 196 valence electrons. The van der Waals surface area contributed by atoms with Crippen molar-refractivity contribution in [2.24, 2.45) is 0 Å². The Morgan fingerprint density at radius 2 is 1.76 bits per heavy atom. The lowest BCUT2D eigenvalue weighted by Gasteiger charge is -2.38. The van der Waals surface area contributed by atoms with Gasteiger partial charge in [0.05, 0.1) is 23.7 Å². The molecular formula is C28H31ClN2O5S. The Morgan fingerprint density at radius 1 is 1.08 bits per heavy atom. The number of fused-ring (bicyclic) bond motifs is 1. The summed E-state index contributed by atoms with van der Waals surface area (Å²) in [5.74, 6) is 0.523. The van der Waals surface area contributed by atoms with Gasteiger partial charge in [-0.15, -0.1) is 0 Å². The zero-order chi connectivity index (χ0) is 27.0. The summed E-state index contributed by atoms with van der Waals surface area (Å²) in [7, 11) is -2.70. The van der Waals surface area contributed by atoms with Gasteiger partial charge in [0.1, 0.15) is 23.6 Å². The van der Waals surface area contributed by atoms with Gasteiger partial charge < -0.3 is 14.8 Å². The summed E-state index contributed by atoms with van der Waals surface area (Å²) >= 11 is 6.24. The average molecular weight is 543 g/mol. The van der Waals surface area contributed by atoms with Crippen molar-refractivity contribution in [1.82, 2.24) is 5.32 Å². The number of halogens is 1. The molecular weight excluding hydrogens is 512 g/mol. The molecule has 1 unspecified atom stereocenters. The highest BCUT2D eigenvalue weighted by Crippen LogP contribution is 2.40. The maximum absolute atomic E-state index is 13.8. The maximum atomic E-state index is 13.8. The number of hydrogen-bond acceptors (Lipinski definition) is 5. The summed E-state index contributed by atoms with van der Waals surface area (Å²) in [6.45, 7) is 7.30. The minimum atomic E-state index is -4.14. The number of aryl methyl sites for hydroxylation is 2. The quantitative estimate of drug-likeness (QED) is 0.421. The van der Waals surface area contributed by atoms with Crippen molar-refractivity contribution < 1.29 is 22.7 Å². The van der Waals surface area contributed by atoms with Crippen LogP contribution in [-0.2, 0) is 14.8 Å². The standard InChI is InChI=1S/C28H31ClN2O5S/c1-18-6-10-21(11-7-18)37(33,34)31(24-15-20(29)9-13-25(24)35-5)17-27(32)30-23-16-28(3,4)36-26-14-19(2)8-12-22(23)26/h6-15,23H,16-17H2,1-5H3,(H,30,32). The van der Waals surface area contributed by atoms with Crippen LogP contribution in [0.2, 0.25) is 5.02 Å². The Kier molecular flexibility index (Phi) is 7.44. The van der Waals surface area contributed by atoms with Crippen molar-refractivity contribution >= 4 is 33.2 Å². The topological polar surface area (TPSA) is 84.9 Å². The van der Waals surface area contributed by atoms with Gasteiger partial charge in [-0.1, -0.05) is 41.4 Å². The molecule has 1 atom stereocenters. The van der Waals surface area contributed by atoms with Crippen LogP contribution in [0, 0.1) is 13.8 Å². The Balaban J connectivity index is 1.71. The van der Waals surface area contributed by atoms with E-state index in [0.29, 0.717) is 17.2 Å². The largest absolute Gasteiger partial charge is 0.495 e. The van der Waals surface area contributed by atoms with Gasteiger partial charge in [0, 0.05) is 17.0 Å². The van der Waals surface area contributed by atoms with Crippen LogP contribution in [0.3, 0.4) is 0 Å². The van der Waals surface area contributed by atoms with Gasteiger partial charge in [-0.3, -0.25) is 9.10 Å². The monoisotopic (exact) mass is 542 g/mol. The summed E-state index contributed by atoms with van der Waals surface area (Å²) in [6.07, 6.45) is 0.528. The fourth-order valence-corrected chi connectivity index (χ4v) is 6.04. The number of rotatable bonds is 7. The van der Waals surface area contributed by atoms with Gasteiger partial charge in [-0.2, -0.15) is 0 Å². The lowest BCUT2D eigenvalue weighted by molar-refractivity contribution is -0.120. The van der Waals surface area contributed by atoms with Crippen LogP contribution in [0.1, 0.15) is 43.0 Å². The molecule has 0 saturated heterocycles. The molecule has 3 aromatic carbocycles. The molecule has 1 aliphatic rings. The summed E-state index contributed by atoms with van der Waals surface area (Å²) < 4.78 is 40.2. The van der Waals surface area contributed by atoms with E-state index in [1.807, 2.05) is 45.9 Å². The van der Waals surface area contributed by atoms with Crippen LogP contribution in [0.25, 0.3) is 0 Å². The van der Waals surface area contributed by atoms with E-state index in [9.17, 15) is 13.2 Å². The molecule has 37 heavy (non-hydrogen) atoms. The molecule has 1 N–H and O–H groups in total. The molecule has 0 radical (unpaired) electrons. The normalized spacial score (nSPS) is 16.3. The van der Waals surface area contributed by atoms with E-state index in [4.69, 9.17) is 21.1 Å². The van der Waals surface area contributed by atoms with E-state index in [1.54, 1.807) is 24.3 Å². The molecule has 9 heteroatoms. The van der Waals surface area contributed by atoms with E-state index >= 15 is 0 Å². The highest BCUT2D eigenvalue weighted by atomic mass is 35.5.